The van der Waals surface area contributed by atoms with E-state index in [0.717, 1.165) is 22.9 Å². The monoisotopic (exact) mass is 299 g/mol. The minimum Gasteiger partial charge on any atom is -0.483 e. The van der Waals surface area contributed by atoms with Crippen molar-refractivity contribution in [2.75, 3.05) is 6.61 Å². The van der Waals surface area contributed by atoms with Crippen LogP contribution in [0, 0.1) is 0 Å². The molecule has 2 N–H and O–H groups in total. The molecule has 2 rings (SSSR count). The van der Waals surface area contributed by atoms with Gasteiger partial charge in [-0.1, -0.05) is 6.07 Å². The Morgan fingerprint density at radius 3 is 2.88 bits per heavy atom. The molecule has 4 nitrogen and oxygen atoms in total. The molecule has 17 heavy (non-hydrogen) atoms. The van der Waals surface area contributed by atoms with Crippen molar-refractivity contribution in [3.8, 4) is 5.75 Å². The zero-order chi connectivity index (χ0) is 12.3. The summed E-state index contributed by atoms with van der Waals surface area (Å²) in [6, 6.07) is 5.62. The van der Waals surface area contributed by atoms with Crippen LogP contribution in [0.1, 0.15) is 18.4 Å². The lowest BCUT2D eigenvalue weighted by molar-refractivity contribution is -0.123. The highest BCUT2D eigenvalue weighted by atomic mass is 79.9. The zero-order valence-corrected chi connectivity index (χ0v) is 10.9. The number of rotatable bonds is 5. The van der Waals surface area contributed by atoms with Crippen LogP contribution in [0.25, 0.3) is 0 Å². The molecule has 1 aromatic rings. The SMILES string of the molecule is O=C(COc1ccc(CO)cc1Br)NC1CC1. The van der Waals surface area contributed by atoms with Crippen molar-refractivity contribution >= 4 is 21.8 Å². The molecule has 1 aromatic carbocycles. The van der Waals surface area contributed by atoms with E-state index in [1.807, 2.05) is 0 Å². The smallest absolute Gasteiger partial charge is 0.258 e. The molecule has 0 unspecified atom stereocenters. The van der Waals surface area contributed by atoms with E-state index in [9.17, 15) is 4.79 Å². The van der Waals surface area contributed by atoms with Crippen LogP contribution in [0.3, 0.4) is 0 Å². The Hall–Kier alpha value is -1.07. The molecule has 1 fully saturated rings. The minimum absolute atomic E-state index is 0.0129. The second kappa shape index (κ2) is 5.51. The number of amides is 1. The fraction of sp³-hybridized carbons (Fsp3) is 0.417. The topological polar surface area (TPSA) is 58.6 Å². The first-order valence-electron chi connectivity index (χ1n) is 5.50. The summed E-state index contributed by atoms with van der Waals surface area (Å²) in [5.74, 6) is 0.513. The highest BCUT2D eigenvalue weighted by Crippen LogP contribution is 2.26. The Morgan fingerprint density at radius 1 is 1.53 bits per heavy atom. The van der Waals surface area contributed by atoms with E-state index in [2.05, 4.69) is 21.2 Å². The average Bonchev–Trinajstić information content (AvgIpc) is 3.11. The molecule has 0 aliphatic heterocycles. The molecular weight excluding hydrogens is 286 g/mol. The van der Waals surface area contributed by atoms with Crippen LogP contribution >= 0.6 is 15.9 Å². The molecule has 1 saturated carbocycles. The molecule has 0 spiro atoms. The lowest BCUT2D eigenvalue weighted by atomic mass is 10.2. The summed E-state index contributed by atoms with van der Waals surface area (Å²) in [5.41, 5.74) is 0.798. The first-order chi connectivity index (χ1) is 8.19. The number of aliphatic hydroxyl groups is 1. The summed E-state index contributed by atoms with van der Waals surface area (Å²) >= 11 is 3.33. The van der Waals surface area contributed by atoms with Gasteiger partial charge in [-0.2, -0.15) is 0 Å². The van der Waals surface area contributed by atoms with E-state index in [4.69, 9.17) is 9.84 Å². The molecule has 1 aliphatic rings. The van der Waals surface area contributed by atoms with Gasteiger partial charge in [0.05, 0.1) is 11.1 Å². The first-order valence-corrected chi connectivity index (χ1v) is 6.30. The molecule has 0 saturated heterocycles. The Kier molecular flexibility index (Phi) is 4.02. The number of ether oxygens (including phenoxy) is 1. The van der Waals surface area contributed by atoms with E-state index in [1.54, 1.807) is 18.2 Å². The van der Waals surface area contributed by atoms with Crippen molar-refractivity contribution in [2.24, 2.45) is 0 Å². The average molecular weight is 300 g/mol. The second-order valence-electron chi connectivity index (χ2n) is 4.05. The summed E-state index contributed by atoms with van der Waals surface area (Å²) < 4.78 is 6.13. The molecule has 1 aliphatic carbocycles. The van der Waals surface area contributed by atoms with E-state index in [1.165, 1.54) is 0 Å². The number of carbonyl (C=O) groups is 1. The lowest BCUT2D eigenvalue weighted by Gasteiger charge is -2.09. The van der Waals surface area contributed by atoms with Crippen molar-refractivity contribution in [1.82, 2.24) is 5.32 Å². The van der Waals surface area contributed by atoms with Gasteiger partial charge in [-0.3, -0.25) is 4.79 Å². The first kappa shape index (κ1) is 12.4. The maximum absolute atomic E-state index is 11.4. The van der Waals surface area contributed by atoms with E-state index in [0.29, 0.717) is 11.8 Å². The third-order valence-electron chi connectivity index (χ3n) is 2.48. The van der Waals surface area contributed by atoms with Gasteiger partial charge in [-0.05, 0) is 46.5 Å². The molecule has 1 amide bonds. The van der Waals surface area contributed by atoms with E-state index >= 15 is 0 Å². The van der Waals surface area contributed by atoms with Crippen LogP contribution in [0.4, 0.5) is 0 Å². The van der Waals surface area contributed by atoms with Gasteiger partial charge in [0.25, 0.3) is 5.91 Å². The summed E-state index contributed by atoms with van der Waals surface area (Å²) in [6.07, 6.45) is 2.14. The van der Waals surface area contributed by atoms with Crippen molar-refractivity contribution in [3.05, 3.63) is 28.2 Å². The van der Waals surface area contributed by atoms with Gasteiger partial charge in [-0.15, -0.1) is 0 Å². The summed E-state index contributed by atoms with van der Waals surface area (Å²) in [7, 11) is 0. The van der Waals surface area contributed by atoms with Crippen molar-refractivity contribution in [1.29, 1.82) is 0 Å². The Balaban J connectivity index is 1.87. The molecule has 0 atom stereocenters. The minimum atomic E-state index is -0.0920. The van der Waals surface area contributed by atoms with E-state index < -0.39 is 0 Å². The maximum atomic E-state index is 11.4. The van der Waals surface area contributed by atoms with Crippen LogP contribution in [0.2, 0.25) is 0 Å². The third kappa shape index (κ3) is 3.71. The Morgan fingerprint density at radius 2 is 2.29 bits per heavy atom. The molecule has 5 heteroatoms. The van der Waals surface area contributed by atoms with Crippen LogP contribution < -0.4 is 10.1 Å². The second-order valence-corrected chi connectivity index (χ2v) is 4.91. The summed E-state index contributed by atoms with van der Waals surface area (Å²) in [6.45, 7) is 0.00855. The predicted molar refractivity (Wildman–Crippen MR) is 66.7 cm³/mol. The standard InChI is InChI=1S/C12H14BrNO3/c13-10-5-8(6-15)1-4-11(10)17-7-12(16)14-9-2-3-9/h1,4-5,9,15H,2-3,6-7H2,(H,14,16). The summed E-state index contributed by atoms with van der Waals surface area (Å²) in [4.78, 5) is 11.4. The predicted octanol–water partition coefficient (Wildman–Crippen LogP) is 1.60. The Labute approximate surface area is 108 Å². The van der Waals surface area contributed by atoms with Gasteiger partial charge in [0.2, 0.25) is 0 Å². The fourth-order valence-electron chi connectivity index (χ4n) is 1.40. The lowest BCUT2D eigenvalue weighted by Crippen LogP contribution is -2.30. The van der Waals surface area contributed by atoms with Gasteiger partial charge >= 0.3 is 0 Å². The third-order valence-corrected chi connectivity index (χ3v) is 3.10. The molecule has 0 radical (unpaired) electrons. The molecule has 0 heterocycles. The van der Waals surface area contributed by atoms with Crippen LogP contribution in [0.5, 0.6) is 5.75 Å². The normalized spacial score (nSPS) is 14.5. The van der Waals surface area contributed by atoms with Gasteiger partial charge in [-0.25, -0.2) is 0 Å². The van der Waals surface area contributed by atoms with Crippen LogP contribution in [-0.4, -0.2) is 23.7 Å². The molecular formula is C12H14BrNO3. The number of hydrogen-bond donors (Lipinski definition) is 2. The summed E-state index contributed by atoms with van der Waals surface area (Å²) in [5, 5.41) is 11.8. The van der Waals surface area contributed by atoms with Gasteiger partial charge in [0, 0.05) is 6.04 Å². The van der Waals surface area contributed by atoms with Crippen molar-refractivity contribution in [3.63, 3.8) is 0 Å². The largest absolute Gasteiger partial charge is 0.483 e. The number of hydrogen-bond acceptors (Lipinski definition) is 3. The van der Waals surface area contributed by atoms with E-state index in [-0.39, 0.29) is 19.1 Å². The van der Waals surface area contributed by atoms with Crippen molar-refractivity contribution in [2.45, 2.75) is 25.5 Å². The van der Waals surface area contributed by atoms with Crippen LogP contribution in [0.15, 0.2) is 22.7 Å². The van der Waals surface area contributed by atoms with Gasteiger partial charge in [0.1, 0.15) is 5.75 Å². The van der Waals surface area contributed by atoms with Gasteiger partial charge in [0.15, 0.2) is 6.61 Å². The molecule has 0 aromatic heterocycles. The highest BCUT2D eigenvalue weighted by Gasteiger charge is 2.23. The number of carbonyl (C=O) groups excluding carboxylic acids is 1. The number of nitrogens with one attached hydrogen (secondary N) is 1. The molecule has 92 valence electrons. The maximum Gasteiger partial charge on any atom is 0.258 e. The van der Waals surface area contributed by atoms with Gasteiger partial charge < -0.3 is 15.2 Å². The fourth-order valence-corrected chi connectivity index (χ4v) is 1.94. The number of benzene rings is 1. The van der Waals surface area contributed by atoms with Crippen LogP contribution in [-0.2, 0) is 11.4 Å². The highest BCUT2D eigenvalue weighted by molar-refractivity contribution is 9.10. The van der Waals surface area contributed by atoms with Crippen molar-refractivity contribution < 1.29 is 14.6 Å². The zero-order valence-electron chi connectivity index (χ0n) is 9.28. The number of halogens is 1. The number of aliphatic hydroxyl groups excluding tert-OH is 1. The Bertz CT molecular complexity index is 418. The molecule has 0 bridgehead atoms. The quantitative estimate of drug-likeness (QED) is 0.868.